The van der Waals surface area contributed by atoms with Crippen molar-refractivity contribution in [3.05, 3.63) is 54.1 Å². The fraction of sp³-hybridized carbons (Fsp3) is 0.333. The van der Waals surface area contributed by atoms with Crippen molar-refractivity contribution in [1.82, 2.24) is 5.32 Å². The van der Waals surface area contributed by atoms with E-state index in [-0.39, 0.29) is 5.56 Å². The number of ether oxygens (including phenoxy) is 2. The maximum Gasteiger partial charge on any atom is 0.322 e. The molecule has 3 rings (SSSR count). The van der Waals surface area contributed by atoms with Crippen molar-refractivity contribution in [3.63, 3.8) is 0 Å². The van der Waals surface area contributed by atoms with Crippen LogP contribution in [0, 0.1) is 0 Å². The van der Waals surface area contributed by atoms with Crippen molar-refractivity contribution in [2.24, 2.45) is 0 Å². The highest BCUT2D eigenvalue weighted by atomic mass is 16.7. The molecule has 1 saturated heterocycles. The minimum atomic E-state index is -1.56. The van der Waals surface area contributed by atoms with Gasteiger partial charge in [0.15, 0.2) is 0 Å². The first-order valence-corrected chi connectivity index (χ1v) is 9.48. The first-order chi connectivity index (χ1) is 14.8. The zero-order chi connectivity index (χ0) is 22.5. The van der Waals surface area contributed by atoms with Crippen molar-refractivity contribution < 1.29 is 44.6 Å². The number of hydrogen-bond donors (Lipinski definition) is 6. The Morgan fingerprint density at radius 1 is 0.968 bits per heavy atom. The Morgan fingerprint density at radius 3 is 2.29 bits per heavy atom. The van der Waals surface area contributed by atoms with Gasteiger partial charge in [0.05, 0.1) is 6.61 Å². The van der Waals surface area contributed by atoms with Crippen LogP contribution in [0.2, 0.25) is 0 Å². The number of hydrogen-bond acceptors (Lipinski definition) is 8. The molecule has 5 unspecified atom stereocenters. The summed E-state index contributed by atoms with van der Waals surface area (Å²) in [6.45, 7) is -1.06. The van der Waals surface area contributed by atoms with E-state index in [9.17, 15) is 30.0 Å². The van der Waals surface area contributed by atoms with Crippen molar-refractivity contribution in [2.45, 2.75) is 30.7 Å². The zero-order valence-corrected chi connectivity index (χ0v) is 16.3. The van der Waals surface area contributed by atoms with E-state index in [4.69, 9.17) is 14.6 Å². The maximum absolute atomic E-state index is 12.0. The van der Waals surface area contributed by atoms with E-state index < -0.39 is 55.7 Å². The number of nitrogens with one attached hydrogen (secondary N) is 1. The van der Waals surface area contributed by atoms with Crippen LogP contribution in [-0.2, 0) is 9.53 Å². The standard InChI is InChI=1S/C21H23NO9/c23-10-15-17(26)18(27)19(28)21(31-15)30-14-4-2-1-3-13(14)11-5-7-12(8-6-11)20(29)22-9-16(24)25/h1-8,15,17-19,21,23,26-28H,9-10H2,(H,22,29)(H,24,25). The molecule has 0 bridgehead atoms. The van der Waals surface area contributed by atoms with E-state index in [1.54, 1.807) is 36.4 Å². The van der Waals surface area contributed by atoms with Crippen LogP contribution in [0.15, 0.2) is 48.5 Å². The predicted octanol–water partition coefficient (Wildman–Crippen LogP) is -0.653. The lowest BCUT2D eigenvalue weighted by atomic mass is 9.99. The van der Waals surface area contributed by atoms with Gasteiger partial charge in [0, 0.05) is 11.1 Å². The molecule has 5 atom stereocenters. The number of carboxylic acids is 1. The third-order valence-corrected chi connectivity index (χ3v) is 4.84. The van der Waals surface area contributed by atoms with Crippen LogP contribution in [0.1, 0.15) is 10.4 Å². The molecular weight excluding hydrogens is 410 g/mol. The normalized spacial score (nSPS) is 25.6. The second-order valence-corrected chi connectivity index (χ2v) is 6.97. The molecule has 6 N–H and O–H groups in total. The molecule has 0 saturated carbocycles. The summed E-state index contributed by atoms with van der Waals surface area (Å²) in [6, 6.07) is 13.1. The summed E-state index contributed by atoms with van der Waals surface area (Å²) >= 11 is 0. The van der Waals surface area contributed by atoms with E-state index >= 15 is 0 Å². The number of carboxylic acid groups (broad SMARTS) is 1. The van der Waals surface area contributed by atoms with Gasteiger partial charge in [-0.05, 0) is 23.8 Å². The molecule has 0 spiro atoms. The number of para-hydroxylation sites is 1. The molecule has 0 aromatic heterocycles. The lowest BCUT2D eigenvalue weighted by Crippen LogP contribution is -2.60. The van der Waals surface area contributed by atoms with Crippen LogP contribution in [0.3, 0.4) is 0 Å². The molecule has 10 nitrogen and oxygen atoms in total. The van der Waals surface area contributed by atoms with Crippen molar-refractivity contribution in [3.8, 4) is 16.9 Å². The monoisotopic (exact) mass is 433 g/mol. The average Bonchev–Trinajstić information content (AvgIpc) is 2.78. The van der Waals surface area contributed by atoms with E-state index in [0.717, 1.165) is 0 Å². The van der Waals surface area contributed by atoms with Gasteiger partial charge < -0.3 is 40.3 Å². The Hall–Kier alpha value is -3.02. The molecule has 1 aliphatic rings. The topological polar surface area (TPSA) is 166 Å². The van der Waals surface area contributed by atoms with E-state index in [1.807, 2.05) is 0 Å². The quantitative estimate of drug-likeness (QED) is 0.333. The van der Waals surface area contributed by atoms with Crippen LogP contribution >= 0.6 is 0 Å². The number of aliphatic hydroxyl groups is 4. The first kappa shape index (κ1) is 22.7. The molecule has 2 aromatic carbocycles. The number of aliphatic hydroxyl groups excluding tert-OH is 4. The Balaban J connectivity index is 1.79. The van der Waals surface area contributed by atoms with Gasteiger partial charge >= 0.3 is 5.97 Å². The molecular formula is C21H23NO9. The van der Waals surface area contributed by atoms with Gasteiger partial charge in [-0.15, -0.1) is 0 Å². The summed E-state index contributed by atoms with van der Waals surface area (Å²) in [7, 11) is 0. The lowest BCUT2D eigenvalue weighted by molar-refractivity contribution is -0.277. The predicted molar refractivity (Wildman–Crippen MR) is 106 cm³/mol. The highest BCUT2D eigenvalue weighted by Crippen LogP contribution is 2.33. The largest absolute Gasteiger partial charge is 0.480 e. The average molecular weight is 433 g/mol. The molecule has 0 radical (unpaired) electrons. The van der Waals surface area contributed by atoms with Crippen molar-refractivity contribution in [1.29, 1.82) is 0 Å². The van der Waals surface area contributed by atoms with Crippen LogP contribution in [0.25, 0.3) is 11.1 Å². The van der Waals surface area contributed by atoms with Crippen LogP contribution in [0.5, 0.6) is 5.75 Å². The molecule has 10 heteroatoms. The van der Waals surface area contributed by atoms with Crippen LogP contribution in [0.4, 0.5) is 0 Å². The third-order valence-electron chi connectivity index (χ3n) is 4.84. The summed E-state index contributed by atoms with van der Waals surface area (Å²) in [5, 5.41) is 50.3. The molecule has 31 heavy (non-hydrogen) atoms. The van der Waals surface area contributed by atoms with E-state index in [0.29, 0.717) is 16.9 Å². The molecule has 1 fully saturated rings. The second-order valence-electron chi connectivity index (χ2n) is 6.97. The SMILES string of the molecule is O=C(O)CNC(=O)c1ccc(-c2ccccc2OC2OC(CO)C(O)C(O)C2O)cc1. The van der Waals surface area contributed by atoms with Crippen molar-refractivity contribution in [2.75, 3.05) is 13.2 Å². The summed E-state index contributed by atoms with van der Waals surface area (Å²) in [4.78, 5) is 22.5. The van der Waals surface area contributed by atoms with Gasteiger partial charge in [0.1, 0.15) is 36.7 Å². The van der Waals surface area contributed by atoms with Gasteiger partial charge in [0.2, 0.25) is 6.29 Å². The van der Waals surface area contributed by atoms with Gasteiger partial charge in [-0.25, -0.2) is 0 Å². The number of amides is 1. The highest BCUT2D eigenvalue weighted by Gasteiger charge is 2.44. The Bertz CT molecular complexity index is 915. The molecule has 0 aliphatic carbocycles. The summed E-state index contributed by atoms with van der Waals surface area (Å²) < 4.78 is 11.1. The number of aliphatic carboxylic acids is 1. The van der Waals surface area contributed by atoms with Crippen molar-refractivity contribution >= 4 is 11.9 Å². The smallest absolute Gasteiger partial charge is 0.322 e. The Kier molecular flexibility index (Phi) is 7.21. The molecule has 166 valence electrons. The van der Waals surface area contributed by atoms with Gasteiger partial charge in [0.25, 0.3) is 5.91 Å². The molecule has 1 aliphatic heterocycles. The first-order valence-electron chi connectivity index (χ1n) is 9.48. The Morgan fingerprint density at radius 2 is 1.65 bits per heavy atom. The fourth-order valence-corrected chi connectivity index (χ4v) is 3.16. The minimum absolute atomic E-state index is 0.275. The zero-order valence-electron chi connectivity index (χ0n) is 16.3. The van der Waals surface area contributed by atoms with Crippen LogP contribution < -0.4 is 10.1 Å². The molecule has 1 heterocycles. The van der Waals surface area contributed by atoms with Gasteiger partial charge in [-0.2, -0.15) is 0 Å². The van der Waals surface area contributed by atoms with E-state index in [2.05, 4.69) is 5.32 Å². The molecule has 1 amide bonds. The number of rotatable bonds is 7. The fourth-order valence-electron chi connectivity index (χ4n) is 3.16. The minimum Gasteiger partial charge on any atom is -0.480 e. The second kappa shape index (κ2) is 9.86. The Labute approximate surface area is 177 Å². The summed E-state index contributed by atoms with van der Waals surface area (Å²) in [5.74, 6) is -1.38. The summed E-state index contributed by atoms with van der Waals surface area (Å²) in [5.41, 5.74) is 1.53. The lowest BCUT2D eigenvalue weighted by Gasteiger charge is -2.39. The highest BCUT2D eigenvalue weighted by molar-refractivity contribution is 5.96. The summed E-state index contributed by atoms with van der Waals surface area (Å²) in [6.07, 6.45) is -7.04. The van der Waals surface area contributed by atoms with Gasteiger partial charge in [-0.1, -0.05) is 30.3 Å². The maximum atomic E-state index is 12.0. The number of benzene rings is 2. The number of carbonyl (C=O) groups is 2. The molecule has 2 aromatic rings. The van der Waals surface area contributed by atoms with Gasteiger partial charge in [-0.3, -0.25) is 9.59 Å². The third kappa shape index (κ3) is 5.19. The van der Waals surface area contributed by atoms with E-state index in [1.165, 1.54) is 12.1 Å². The number of carbonyl (C=O) groups excluding carboxylic acids is 1. The van der Waals surface area contributed by atoms with Crippen LogP contribution in [-0.4, -0.2) is 81.3 Å².